The van der Waals surface area contributed by atoms with Crippen molar-refractivity contribution in [2.75, 3.05) is 45.0 Å². The molecule has 1 aliphatic heterocycles. The molecule has 10 heteroatoms. The van der Waals surface area contributed by atoms with Crippen LogP contribution in [0.15, 0.2) is 35.6 Å². The van der Waals surface area contributed by atoms with Crippen LogP contribution in [0.3, 0.4) is 0 Å². The third-order valence-corrected chi connectivity index (χ3v) is 6.05. The van der Waals surface area contributed by atoms with E-state index in [1.54, 1.807) is 26.4 Å². The third kappa shape index (κ3) is 5.22. The zero-order valence-electron chi connectivity index (χ0n) is 19.1. The zero-order valence-corrected chi connectivity index (χ0v) is 19.9. The van der Waals surface area contributed by atoms with Gasteiger partial charge in [0.1, 0.15) is 5.82 Å². The molecule has 0 aliphatic carbocycles. The molecule has 1 aliphatic rings. The van der Waals surface area contributed by atoms with Crippen LogP contribution < -0.4 is 19.7 Å². The van der Waals surface area contributed by atoms with Crippen molar-refractivity contribution < 1.29 is 14.3 Å². The molecule has 0 saturated carbocycles. The number of benzene rings is 1. The summed E-state index contributed by atoms with van der Waals surface area (Å²) in [6, 6.07) is 5.49. The second-order valence-corrected chi connectivity index (χ2v) is 8.35. The molecular formula is C23H28N6O3S. The number of fused-ring (bicyclic) bond motifs is 1. The quantitative estimate of drug-likeness (QED) is 0.291. The van der Waals surface area contributed by atoms with Crippen molar-refractivity contribution in [1.29, 1.82) is 0 Å². The molecule has 1 amide bonds. The first-order chi connectivity index (χ1) is 16.1. The van der Waals surface area contributed by atoms with Gasteiger partial charge in [-0.3, -0.25) is 4.79 Å². The van der Waals surface area contributed by atoms with Crippen LogP contribution in [0.4, 0.5) is 5.82 Å². The summed E-state index contributed by atoms with van der Waals surface area (Å²) in [4.78, 5) is 24.0. The maximum atomic E-state index is 12.3. The lowest BCUT2D eigenvalue weighted by molar-refractivity contribution is -0.116. The minimum Gasteiger partial charge on any atom is -0.493 e. The lowest BCUT2D eigenvalue weighted by Crippen LogP contribution is -2.26. The highest BCUT2D eigenvalue weighted by Crippen LogP contribution is 2.29. The Hall–Kier alpha value is -3.27. The minimum absolute atomic E-state index is 0.182. The van der Waals surface area contributed by atoms with E-state index in [9.17, 15) is 4.79 Å². The van der Waals surface area contributed by atoms with E-state index in [0.717, 1.165) is 40.7 Å². The molecule has 3 heterocycles. The largest absolute Gasteiger partial charge is 0.493 e. The highest BCUT2D eigenvalue weighted by atomic mass is 32.2. The van der Waals surface area contributed by atoms with Gasteiger partial charge in [0.25, 0.3) is 0 Å². The van der Waals surface area contributed by atoms with Gasteiger partial charge in [-0.05, 0) is 42.9 Å². The number of carbonyl (C=O) groups excluding carboxylic acids is 1. The smallest absolute Gasteiger partial charge is 0.244 e. The standard InChI is InChI=1S/C23H28N6O3S/c1-31-18-8-6-16(14-19(18)32-2)7-9-20(30)24-10-13-29-22-17(15-25-29)21(26-23(27-22)33-3)28-11-4-5-12-28/h6-9,14-15H,4-5,10-13H2,1-3H3,(H,24,30)/b9-7-. The second-order valence-electron chi connectivity index (χ2n) is 7.57. The van der Waals surface area contributed by atoms with E-state index >= 15 is 0 Å². The number of methoxy groups -OCH3 is 2. The molecule has 1 fully saturated rings. The average Bonchev–Trinajstić information content (AvgIpc) is 3.52. The molecule has 1 saturated heterocycles. The van der Waals surface area contributed by atoms with Crippen molar-refractivity contribution in [3.05, 3.63) is 36.0 Å². The number of aromatic nitrogens is 4. The number of rotatable bonds is 9. The Labute approximate surface area is 197 Å². The minimum atomic E-state index is -0.182. The fourth-order valence-electron chi connectivity index (χ4n) is 3.82. The van der Waals surface area contributed by atoms with E-state index in [-0.39, 0.29) is 5.91 Å². The Kier molecular flexibility index (Phi) is 7.33. The topological polar surface area (TPSA) is 94.4 Å². The number of carbonyl (C=O) groups is 1. The molecule has 0 radical (unpaired) electrons. The van der Waals surface area contributed by atoms with Crippen LogP contribution in [-0.4, -0.2) is 65.8 Å². The van der Waals surface area contributed by atoms with Gasteiger partial charge in [0.2, 0.25) is 5.91 Å². The van der Waals surface area contributed by atoms with Crippen LogP contribution in [0, 0.1) is 0 Å². The third-order valence-electron chi connectivity index (χ3n) is 5.50. The van der Waals surface area contributed by atoms with Crippen LogP contribution in [-0.2, 0) is 11.3 Å². The van der Waals surface area contributed by atoms with E-state index in [2.05, 4.69) is 20.3 Å². The molecule has 0 atom stereocenters. The fraction of sp³-hybridized carbons (Fsp3) is 0.391. The molecule has 174 valence electrons. The van der Waals surface area contributed by atoms with Gasteiger partial charge < -0.3 is 19.7 Å². The lowest BCUT2D eigenvalue weighted by Gasteiger charge is -2.17. The van der Waals surface area contributed by atoms with Crippen molar-refractivity contribution in [2.24, 2.45) is 0 Å². The van der Waals surface area contributed by atoms with Crippen molar-refractivity contribution in [1.82, 2.24) is 25.1 Å². The maximum absolute atomic E-state index is 12.3. The van der Waals surface area contributed by atoms with E-state index in [4.69, 9.17) is 14.5 Å². The number of hydrogen-bond acceptors (Lipinski definition) is 8. The average molecular weight is 469 g/mol. The van der Waals surface area contributed by atoms with Gasteiger partial charge in [-0.15, -0.1) is 0 Å². The van der Waals surface area contributed by atoms with Gasteiger partial charge >= 0.3 is 0 Å². The SMILES string of the molecule is COc1ccc(/C=C\C(=O)NCCn2ncc3c(N4CCCC4)nc(SC)nc32)cc1OC. The van der Waals surface area contributed by atoms with Crippen molar-refractivity contribution in [3.8, 4) is 11.5 Å². The molecule has 33 heavy (non-hydrogen) atoms. The van der Waals surface area contributed by atoms with Gasteiger partial charge in [-0.1, -0.05) is 17.8 Å². The second kappa shape index (κ2) is 10.6. The number of nitrogens with zero attached hydrogens (tertiary/aromatic N) is 5. The van der Waals surface area contributed by atoms with Crippen LogP contribution in [0.1, 0.15) is 18.4 Å². The van der Waals surface area contributed by atoms with E-state index in [1.165, 1.54) is 30.7 Å². The summed E-state index contributed by atoms with van der Waals surface area (Å²) in [7, 11) is 3.17. The highest BCUT2D eigenvalue weighted by molar-refractivity contribution is 7.98. The van der Waals surface area contributed by atoms with Crippen LogP contribution in [0.2, 0.25) is 0 Å². The Balaban J connectivity index is 1.40. The van der Waals surface area contributed by atoms with Gasteiger partial charge in [0.15, 0.2) is 22.3 Å². The van der Waals surface area contributed by atoms with E-state index < -0.39 is 0 Å². The molecule has 1 aromatic carbocycles. The molecule has 9 nitrogen and oxygen atoms in total. The van der Waals surface area contributed by atoms with Crippen molar-refractivity contribution in [3.63, 3.8) is 0 Å². The summed E-state index contributed by atoms with van der Waals surface area (Å²) in [5.41, 5.74) is 1.64. The van der Waals surface area contributed by atoms with Gasteiger partial charge in [-0.2, -0.15) is 5.10 Å². The Bertz CT molecular complexity index is 1160. The summed E-state index contributed by atoms with van der Waals surface area (Å²) in [5.74, 6) is 2.03. The molecule has 0 bridgehead atoms. The van der Waals surface area contributed by atoms with E-state index in [0.29, 0.717) is 24.6 Å². The first-order valence-electron chi connectivity index (χ1n) is 10.8. The predicted octanol–water partition coefficient (Wildman–Crippen LogP) is 3.00. The monoisotopic (exact) mass is 468 g/mol. The summed E-state index contributed by atoms with van der Waals surface area (Å²) in [6.45, 7) is 2.97. The first-order valence-corrected chi connectivity index (χ1v) is 12.1. The number of anilines is 1. The normalized spacial score (nSPS) is 13.7. The van der Waals surface area contributed by atoms with Gasteiger partial charge in [0, 0.05) is 25.7 Å². The number of thioether (sulfide) groups is 1. The molecule has 4 rings (SSSR count). The van der Waals surface area contributed by atoms with Crippen LogP contribution in [0.25, 0.3) is 17.1 Å². The summed E-state index contributed by atoms with van der Waals surface area (Å²) in [6.07, 6.45) is 9.39. The van der Waals surface area contributed by atoms with Gasteiger partial charge in [0.05, 0.1) is 32.3 Å². The lowest BCUT2D eigenvalue weighted by atomic mass is 10.2. The molecule has 3 aromatic rings. The van der Waals surface area contributed by atoms with E-state index in [1.807, 2.05) is 29.3 Å². The summed E-state index contributed by atoms with van der Waals surface area (Å²) < 4.78 is 12.4. The predicted molar refractivity (Wildman–Crippen MR) is 130 cm³/mol. The molecule has 1 N–H and O–H groups in total. The number of ether oxygens (including phenoxy) is 2. The number of amides is 1. The summed E-state index contributed by atoms with van der Waals surface area (Å²) >= 11 is 1.52. The maximum Gasteiger partial charge on any atom is 0.244 e. The molecular weight excluding hydrogens is 440 g/mol. The Morgan fingerprint density at radius 2 is 1.97 bits per heavy atom. The van der Waals surface area contributed by atoms with Crippen LogP contribution in [0.5, 0.6) is 11.5 Å². The van der Waals surface area contributed by atoms with Crippen LogP contribution >= 0.6 is 11.8 Å². The zero-order chi connectivity index (χ0) is 23.2. The number of nitrogens with one attached hydrogen (secondary N) is 1. The Morgan fingerprint density at radius 3 is 2.70 bits per heavy atom. The Morgan fingerprint density at radius 1 is 1.18 bits per heavy atom. The first kappa shape index (κ1) is 22.9. The number of hydrogen-bond donors (Lipinski definition) is 1. The van der Waals surface area contributed by atoms with Gasteiger partial charge in [-0.25, -0.2) is 14.6 Å². The molecule has 0 spiro atoms. The van der Waals surface area contributed by atoms with Crippen molar-refractivity contribution in [2.45, 2.75) is 24.5 Å². The summed E-state index contributed by atoms with van der Waals surface area (Å²) in [5, 5.41) is 9.10. The highest BCUT2D eigenvalue weighted by Gasteiger charge is 2.20. The fourth-order valence-corrected chi connectivity index (χ4v) is 4.17. The van der Waals surface area contributed by atoms with Crippen molar-refractivity contribution >= 4 is 40.6 Å². The molecule has 2 aromatic heterocycles. The molecule has 0 unspecified atom stereocenters.